The highest BCUT2D eigenvalue weighted by molar-refractivity contribution is 6.01. The summed E-state index contributed by atoms with van der Waals surface area (Å²) in [5.41, 5.74) is 5.01. The molecule has 1 saturated heterocycles. The summed E-state index contributed by atoms with van der Waals surface area (Å²) in [5, 5.41) is 46.1. The van der Waals surface area contributed by atoms with Crippen molar-refractivity contribution < 1.29 is 20.1 Å². The van der Waals surface area contributed by atoms with Gasteiger partial charge in [-0.2, -0.15) is 5.26 Å². The third-order valence-electron chi connectivity index (χ3n) is 4.08. The lowest BCUT2D eigenvalue weighted by atomic mass is 9.91. The van der Waals surface area contributed by atoms with Gasteiger partial charge in [-0.1, -0.05) is 0 Å². The Labute approximate surface area is 132 Å². The van der Waals surface area contributed by atoms with Gasteiger partial charge in [-0.25, -0.2) is 4.99 Å². The Kier molecular flexibility index (Phi) is 4.53. The van der Waals surface area contributed by atoms with E-state index in [0.717, 1.165) is 6.34 Å². The van der Waals surface area contributed by atoms with Gasteiger partial charge in [0.15, 0.2) is 5.84 Å². The molecule has 0 radical (unpaired) electrons. The van der Waals surface area contributed by atoms with Gasteiger partial charge >= 0.3 is 0 Å². The Balaban J connectivity index is 2.56. The van der Waals surface area contributed by atoms with E-state index >= 15 is 0 Å². The SMILES string of the molecule is Cn1c([C@@H]2O[C@H](CO)[C@@H](O)[C@@]2(C)O)cc(C#N)c1C(N)=NC=N. The molecule has 1 aliphatic heterocycles. The number of rotatable bonds is 4. The van der Waals surface area contributed by atoms with Crippen LogP contribution in [0.15, 0.2) is 11.1 Å². The van der Waals surface area contributed by atoms with Crippen LogP contribution < -0.4 is 5.73 Å². The minimum Gasteiger partial charge on any atom is -0.394 e. The molecule has 4 atom stereocenters. The Morgan fingerprint density at radius 3 is 2.83 bits per heavy atom. The number of aromatic nitrogens is 1. The third-order valence-corrected chi connectivity index (χ3v) is 4.08. The van der Waals surface area contributed by atoms with Crippen LogP contribution in [0.1, 0.15) is 30.0 Å². The second-order valence-electron chi connectivity index (χ2n) is 5.55. The van der Waals surface area contributed by atoms with E-state index in [4.69, 9.17) is 15.9 Å². The number of nitrogens with one attached hydrogen (secondary N) is 1. The highest BCUT2D eigenvalue weighted by Crippen LogP contribution is 2.42. The largest absolute Gasteiger partial charge is 0.394 e. The average Bonchev–Trinajstić information content (AvgIpc) is 2.94. The fraction of sp³-hybridized carbons (Fsp3) is 0.500. The van der Waals surface area contributed by atoms with Crippen LogP contribution in [0.3, 0.4) is 0 Å². The lowest BCUT2D eigenvalue weighted by Crippen LogP contribution is -2.43. The molecule has 0 aromatic carbocycles. The van der Waals surface area contributed by atoms with Gasteiger partial charge in [0.05, 0.1) is 17.9 Å². The van der Waals surface area contributed by atoms with Gasteiger partial charge in [0, 0.05) is 7.05 Å². The number of ether oxygens (including phenoxy) is 1. The number of aliphatic imine (C=N–C) groups is 1. The lowest BCUT2D eigenvalue weighted by molar-refractivity contribution is -0.0667. The van der Waals surface area contributed by atoms with Crippen LogP contribution in [0, 0.1) is 16.7 Å². The van der Waals surface area contributed by atoms with E-state index in [2.05, 4.69) is 4.99 Å². The molecule has 0 bridgehead atoms. The van der Waals surface area contributed by atoms with Crippen molar-refractivity contribution in [2.24, 2.45) is 17.8 Å². The second kappa shape index (κ2) is 6.10. The number of hydrogen-bond donors (Lipinski definition) is 5. The zero-order valence-electron chi connectivity index (χ0n) is 12.8. The molecule has 1 aliphatic rings. The van der Waals surface area contributed by atoms with Crippen molar-refractivity contribution in [2.75, 3.05) is 6.61 Å². The molecule has 9 nitrogen and oxygen atoms in total. The molecule has 0 saturated carbocycles. The minimum atomic E-state index is -1.66. The smallest absolute Gasteiger partial charge is 0.150 e. The van der Waals surface area contributed by atoms with Crippen molar-refractivity contribution in [3.63, 3.8) is 0 Å². The molecular weight excluding hydrogens is 302 g/mol. The molecule has 1 fully saturated rings. The number of amidine groups is 1. The Bertz CT molecular complexity index is 688. The van der Waals surface area contributed by atoms with Gasteiger partial charge < -0.3 is 30.4 Å². The molecule has 2 rings (SSSR count). The van der Waals surface area contributed by atoms with Crippen molar-refractivity contribution in [1.82, 2.24) is 4.57 Å². The quantitative estimate of drug-likeness (QED) is 0.344. The lowest BCUT2D eigenvalue weighted by Gasteiger charge is -2.27. The Morgan fingerprint density at radius 2 is 2.35 bits per heavy atom. The summed E-state index contributed by atoms with van der Waals surface area (Å²) in [4.78, 5) is 3.66. The highest BCUT2D eigenvalue weighted by atomic mass is 16.6. The van der Waals surface area contributed by atoms with Gasteiger partial charge in [0.25, 0.3) is 0 Å². The minimum absolute atomic E-state index is 0.0257. The average molecular weight is 321 g/mol. The topological polar surface area (TPSA) is 161 Å². The highest BCUT2D eigenvalue weighted by Gasteiger charge is 2.53. The molecule has 2 heterocycles. The number of aliphatic hydroxyl groups excluding tert-OH is 2. The van der Waals surface area contributed by atoms with Crippen LogP contribution in [-0.2, 0) is 11.8 Å². The van der Waals surface area contributed by atoms with Gasteiger partial charge in [-0.05, 0) is 13.0 Å². The first-order chi connectivity index (χ1) is 10.8. The number of nitriles is 1. The van der Waals surface area contributed by atoms with Crippen LogP contribution in [0.5, 0.6) is 0 Å². The summed E-state index contributed by atoms with van der Waals surface area (Å²) in [5.74, 6) is -0.0257. The Hall–Kier alpha value is -2.25. The van der Waals surface area contributed by atoms with E-state index in [1.165, 1.54) is 17.6 Å². The Morgan fingerprint density at radius 1 is 1.70 bits per heavy atom. The number of aliphatic hydroxyl groups is 3. The maximum atomic E-state index is 10.5. The molecular formula is C14H19N5O4. The molecule has 1 aromatic rings. The van der Waals surface area contributed by atoms with E-state index in [0.29, 0.717) is 5.69 Å². The standard InChI is InChI=1S/C14H19N5O4/c1-14(22)11(21)9(5-20)23-12(14)8-3-7(4-15)10(19(8)2)13(17)18-6-16/h3,6,9,11-12,20-22H,5H2,1-2H3,(H3,16,17,18)/t9-,11-,12+,14-/m1/s1. The van der Waals surface area contributed by atoms with E-state index in [9.17, 15) is 20.6 Å². The van der Waals surface area contributed by atoms with Crippen LogP contribution in [0.25, 0.3) is 0 Å². The van der Waals surface area contributed by atoms with Crippen molar-refractivity contribution in [1.29, 1.82) is 10.7 Å². The maximum Gasteiger partial charge on any atom is 0.150 e. The van der Waals surface area contributed by atoms with Crippen LogP contribution in [0.4, 0.5) is 0 Å². The first kappa shape index (κ1) is 17.1. The number of hydrogen-bond acceptors (Lipinski definition) is 6. The van der Waals surface area contributed by atoms with Gasteiger partial charge in [0.1, 0.15) is 42.0 Å². The van der Waals surface area contributed by atoms with E-state index in [-0.39, 0.29) is 17.1 Å². The summed E-state index contributed by atoms with van der Waals surface area (Å²) in [7, 11) is 1.61. The third kappa shape index (κ3) is 2.62. The van der Waals surface area contributed by atoms with Crippen molar-refractivity contribution in [3.05, 3.63) is 23.0 Å². The summed E-state index contributed by atoms with van der Waals surface area (Å²) in [6, 6.07) is 3.46. The molecule has 0 aliphatic carbocycles. The predicted octanol–water partition coefficient (Wildman–Crippen LogP) is -1.25. The van der Waals surface area contributed by atoms with Gasteiger partial charge in [-0.15, -0.1) is 0 Å². The summed E-state index contributed by atoms with van der Waals surface area (Å²) in [6.07, 6.45) is -2.43. The molecule has 23 heavy (non-hydrogen) atoms. The fourth-order valence-electron chi connectivity index (χ4n) is 2.83. The normalized spacial score (nSPS) is 31.1. The molecule has 6 N–H and O–H groups in total. The second-order valence-corrected chi connectivity index (χ2v) is 5.55. The predicted molar refractivity (Wildman–Crippen MR) is 81.0 cm³/mol. The van der Waals surface area contributed by atoms with Gasteiger partial charge in [-0.3, -0.25) is 5.41 Å². The summed E-state index contributed by atoms with van der Waals surface area (Å²) in [6.45, 7) is 0.944. The maximum absolute atomic E-state index is 10.5. The molecule has 9 heteroatoms. The van der Waals surface area contributed by atoms with Crippen molar-refractivity contribution in [2.45, 2.75) is 30.8 Å². The van der Waals surface area contributed by atoms with E-state index < -0.39 is 30.5 Å². The monoisotopic (exact) mass is 321 g/mol. The molecule has 124 valence electrons. The first-order valence-corrected chi connectivity index (χ1v) is 6.88. The van der Waals surface area contributed by atoms with Crippen molar-refractivity contribution in [3.8, 4) is 6.07 Å². The zero-order valence-corrected chi connectivity index (χ0v) is 12.8. The van der Waals surface area contributed by atoms with Crippen molar-refractivity contribution >= 4 is 12.2 Å². The van der Waals surface area contributed by atoms with Crippen LogP contribution >= 0.6 is 0 Å². The summed E-state index contributed by atoms with van der Waals surface area (Å²) >= 11 is 0. The molecule has 1 aromatic heterocycles. The molecule has 0 spiro atoms. The first-order valence-electron chi connectivity index (χ1n) is 6.88. The van der Waals surface area contributed by atoms with Gasteiger partial charge in [0.2, 0.25) is 0 Å². The molecule has 0 amide bonds. The zero-order chi connectivity index (χ0) is 17.4. The number of nitrogens with two attached hydrogens (primary N) is 1. The van der Waals surface area contributed by atoms with Crippen LogP contribution in [0.2, 0.25) is 0 Å². The number of nitrogens with zero attached hydrogens (tertiary/aromatic N) is 3. The molecule has 0 unspecified atom stereocenters. The van der Waals surface area contributed by atoms with E-state index in [1.54, 1.807) is 7.05 Å². The summed E-state index contributed by atoms with van der Waals surface area (Å²) < 4.78 is 7.07. The fourth-order valence-corrected chi connectivity index (χ4v) is 2.83. The van der Waals surface area contributed by atoms with E-state index in [1.807, 2.05) is 6.07 Å². The van der Waals surface area contributed by atoms with Crippen LogP contribution in [-0.4, -0.2) is 56.5 Å².